The second-order valence-electron chi connectivity index (χ2n) is 5.77. The number of anilines is 1. The zero-order valence-corrected chi connectivity index (χ0v) is 11.5. The minimum Gasteiger partial charge on any atom is -0.462 e. The summed E-state index contributed by atoms with van der Waals surface area (Å²) in [6.07, 6.45) is 5.22. The predicted molar refractivity (Wildman–Crippen MR) is 75.1 cm³/mol. The molecule has 102 valence electrons. The molecule has 3 unspecified atom stereocenters. The standard InChI is InChI=1S/C15H18ClNO2/c16-13-4-3-11(7-14(13)17)15(18)19-8-12-6-9-1-2-10(12)5-9/h3-4,7,9-10,12H,1-2,5-6,8,17H2. The van der Waals surface area contributed by atoms with E-state index in [2.05, 4.69) is 0 Å². The molecule has 2 N–H and O–H groups in total. The first kappa shape index (κ1) is 12.8. The second kappa shape index (κ2) is 5.04. The van der Waals surface area contributed by atoms with Crippen LogP contribution in [0.15, 0.2) is 18.2 Å². The van der Waals surface area contributed by atoms with E-state index < -0.39 is 0 Å². The lowest BCUT2D eigenvalue weighted by Crippen LogP contribution is -2.19. The van der Waals surface area contributed by atoms with Gasteiger partial charge in [-0.3, -0.25) is 0 Å². The van der Waals surface area contributed by atoms with Crippen LogP contribution in [0, 0.1) is 17.8 Å². The van der Waals surface area contributed by atoms with E-state index in [1.807, 2.05) is 0 Å². The molecule has 19 heavy (non-hydrogen) atoms. The van der Waals surface area contributed by atoms with Crippen LogP contribution in [0.4, 0.5) is 5.69 Å². The second-order valence-corrected chi connectivity index (χ2v) is 6.18. The zero-order valence-electron chi connectivity index (χ0n) is 10.8. The summed E-state index contributed by atoms with van der Waals surface area (Å²) in [5.41, 5.74) is 6.58. The Morgan fingerprint density at radius 2 is 2.21 bits per heavy atom. The fraction of sp³-hybridized carbons (Fsp3) is 0.533. The molecule has 0 amide bonds. The van der Waals surface area contributed by atoms with E-state index >= 15 is 0 Å². The van der Waals surface area contributed by atoms with Gasteiger partial charge in [-0.25, -0.2) is 4.79 Å². The van der Waals surface area contributed by atoms with Crippen molar-refractivity contribution in [2.24, 2.45) is 17.8 Å². The number of nitrogens with two attached hydrogens (primary N) is 1. The van der Waals surface area contributed by atoms with Gasteiger partial charge >= 0.3 is 5.97 Å². The van der Waals surface area contributed by atoms with Crippen LogP contribution in [0.25, 0.3) is 0 Å². The molecule has 2 aliphatic rings. The van der Waals surface area contributed by atoms with Gasteiger partial charge < -0.3 is 10.5 Å². The molecule has 2 bridgehead atoms. The molecule has 3 rings (SSSR count). The van der Waals surface area contributed by atoms with Crippen molar-refractivity contribution in [2.45, 2.75) is 25.7 Å². The quantitative estimate of drug-likeness (QED) is 0.680. The Labute approximate surface area is 118 Å². The smallest absolute Gasteiger partial charge is 0.338 e. The fourth-order valence-electron chi connectivity index (χ4n) is 3.52. The molecule has 2 fully saturated rings. The number of benzene rings is 1. The van der Waals surface area contributed by atoms with Crippen molar-refractivity contribution in [3.05, 3.63) is 28.8 Å². The molecule has 0 spiro atoms. The molecule has 3 atom stereocenters. The van der Waals surface area contributed by atoms with Crippen LogP contribution in [0.3, 0.4) is 0 Å². The van der Waals surface area contributed by atoms with E-state index in [4.69, 9.17) is 22.1 Å². The number of ether oxygens (including phenoxy) is 1. The number of hydrogen-bond acceptors (Lipinski definition) is 3. The summed E-state index contributed by atoms with van der Waals surface area (Å²) in [4.78, 5) is 12.0. The van der Waals surface area contributed by atoms with Gasteiger partial charge in [-0.1, -0.05) is 18.0 Å². The summed E-state index contributed by atoms with van der Waals surface area (Å²) in [5.74, 6) is 1.91. The molecule has 2 aliphatic carbocycles. The van der Waals surface area contributed by atoms with Crippen molar-refractivity contribution in [3.8, 4) is 0 Å². The van der Waals surface area contributed by atoms with Crippen molar-refractivity contribution in [1.29, 1.82) is 0 Å². The molecule has 0 aromatic heterocycles. The lowest BCUT2D eigenvalue weighted by Gasteiger charge is -2.21. The van der Waals surface area contributed by atoms with E-state index in [-0.39, 0.29) is 5.97 Å². The highest BCUT2D eigenvalue weighted by atomic mass is 35.5. The number of hydrogen-bond donors (Lipinski definition) is 1. The number of halogens is 1. The van der Waals surface area contributed by atoms with Crippen LogP contribution < -0.4 is 5.73 Å². The molecule has 0 heterocycles. The van der Waals surface area contributed by atoms with Crippen molar-refractivity contribution in [3.63, 3.8) is 0 Å². The van der Waals surface area contributed by atoms with Gasteiger partial charge in [0.1, 0.15) is 0 Å². The predicted octanol–water partition coefficient (Wildman–Crippen LogP) is 3.52. The molecular formula is C15H18ClNO2. The maximum absolute atomic E-state index is 12.0. The van der Waals surface area contributed by atoms with Crippen LogP contribution in [-0.2, 0) is 4.74 Å². The van der Waals surface area contributed by atoms with Gasteiger partial charge in [0.25, 0.3) is 0 Å². The minimum absolute atomic E-state index is 0.300. The summed E-state index contributed by atoms with van der Waals surface area (Å²) in [6.45, 7) is 0.544. The van der Waals surface area contributed by atoms with Crippen LogP contribution in [0.1, 0.15) is 36.0 Å². The molecule has 0 radical (unpaired) electrons. The minimum atomic E-state index is -0.300. The van der Waals surface area contributed by atoms with Crippen LogP contribution >= 0.6 is 11.6 Å². The number of esters is 1. The SMILES string of the molecule is Nc1cc(C(=O)OCC2CC3CCC2C3)ccc1Cl. The lowest BCUT2D eigenvalue weighted by atomic mass is 9.89. The summed E-state index contributed by atoms with van der Waals surface area (Å²) >= 11 is 5.83. The maximum atomic E-state index is 12.0. The molecule has 0 aliphatic heterocycles. The molecule has 0 saturated heterocycles. The topological polar surface area (TPSA) is 52.3 Å². The lowest BCUT2D eigenvalue weighted by molar-refractivity contribution is 0.0394. The van der Waals surface area contributed by atoms with Crippen molar-refractivity contribution in [1.82, 2.24) is 0 Å². The summed E-state index contributed by atoms with van der Waals surface area (Å²) in [5, 5.41) is 0.463. The van der Waals surface area contributed by atoms with E-state index in [0.29, 0.717) is 28.8 Å². The van der Waals surface area contributed by atoms with Crippen LogP contribution in [-0.4, -0.2) is 12.6 Å². The normalized spacial score (nSPS) is 28.6. The fourth-order valence-corrected chi connectivity index (χ4v) is 3.63. The van der Waals surface area contributed by atoms with Gasteiger partial charge in [-0.15, -0.1) is 0 Å². The van der Waals surface area contributed by atoms with Gasteiger partial charge in [0, 0.05) is 0 Å². The van der Waals surface area contributed by atoms with E-state index in [1.165, 1.54) is 25.7 Å². The van der Waals surface area contributed by atoms with Gasteiger partial charge in [-0.2, -0.15) is 0 Å². The number of nitrogen functional groups attached to an aromatic ring is 1. The van der Waals surface area contributed by atoms with Crippen LogP contribution in [0.2, 0.25) is 5.02 Å². The maximum Gasteiger partial charge on any atom is 0.338 e. The monoisotopic (exact) mass is 279 g/mol. The average Bonchev–Trinajstić information content (AvgIpc) is 3.01. The Bertz CT molecular complexity index is 503. The third kappa shape index (κ3) is 2.57. The summed E-state index contributed by atoms with van der Waals surface area (Å²) in [6, 6.07) is 4.86. The number of fused-ring (bicyclic) bond motifs is 2. The van der Waals surface area contributed by atoms with Gasteiger partial charge in [-0.05, 0) is 55.2 Å². The van der Waals surface area contributed by atoms with E-state index in [9.17, 15) is 4.79 Å². The third-order valence-electron chi connectivity index (χ3n) is 4.54. The Hall–Kier alpha value is -1.22. The summed E-state index contributed by atoms with van der Waals surface area (Å²) < 4.78 is 5.42. The van der Waals surface area contributed by atoms with Crippen molar-refractivity contribution in [2.75, 3.05) is 12.3 Å². The zero-order chi connectivity index (χ0) is 13.4. The number of rotatable bonds is 3. The molecule has 1 aromatic rings. The van der Waals surface area contributed by atoms with Gasteiger partial charge in [0.05, 0.1) is 22.9 Å². The molecule has 4 heteroatoms. The molecule has 1 aromatic carbocycles. The highest BCUT2D eigenvalue weighted by molar-refractivity contribution is 6.33. The first-order chi connectivity index (χ1) is 9.13. The number of carbonyl (C=O) groups excluding carboxylic acids is 1. The Kier molecular flexibility index (Phi) is 3.40. The van der Waals surface area contributed by atoms with E-state index in [0.717, 1.165) is 11.8 Å². The molecule has 2 saturated carbocycles. The molecule has 3 nitrogen and oxygen atoms in total. The first-order valence-corrected chi connectivity index (χ1v) is 7.23. The van der Waals surface area contributed by atoms with Crippen molar-refractivity contribution >= 4 is 23.3 Å². The highest BCUT2D eigenvalue weighted by Gasteiger charge is 2.39. The average molecular weight is 280 g/mol. The Balaban J connectivity index is 1.57. The van der Waals surface area contributed by atoms with E-state index in [1.54, 1.807) is 18.2 Å². The highest BCUT2D eigenvalue weighted by Crippen LogP contribution is 2.48. The van der Waals surface area contributed by atoms with Gasteiger partial charge in [0.15, 0.2) is 0 Å². The summed E-state index contributed by atoms with van der Waals surface area (Å²) in [7, 11) is 0. The Morgan fingerprint density at radius 1 is 1.37 bits per heavy atom. The van der Waals surface area contributed by atoms with Crippen LogP contribution in [0.5, 0.6) is 0 Å². The molecular weight excluding hydrogens is 262 g/mol. The Morgan fingerprint density at radius 3 is 2.84 bits per heavy atom. The largest absolute Gasteiger partial charge is 0.462 e. The third-order valence-corrected chi connectivity index (χ3v) is 4.89. The first-order valence-electron chi connectivity index (χ1n) is 6.85. The number of carbonyl (C=O) groups is 1. The van der Waals surface area contributed by atoms with Crippen molar-refractivity contribution < 1.29 is 9.53 Å². The van der Waals surface area contributed by atoms with Gasteiger partial charge in [0.2, 0.25) is 0 Å².